The lowest BCUT2D eigenvalue weighted by atomic mass is 10.0. The van der Waals surface area contributed by atoms with Gasteiger partial charge in [0.2, 0.25) is 5.91 Å². The number of likely N-dealkylation sites (N-methyl/N-ethyl adjacent to an activating group) is 1. The number of amides is 1. The molecule has 0 aliphatic heterocycles. The maximum atomic E-state index is 11.9. The van der Waals surface area contributed by atoms with Gasteiger partial charge in [-0.15, -0.1) is 0 Å². The summed E-state index contributed by atoms with van der Waals surface area (Å²) in [6.07, 6.45) is 3.61. The molecule has 4 nitrogen and oxygen atoms in total. The molecule has 3 N–H and O–H groups in total. The van der Waals surface area contributed by atoms with Gasteiger partial charge in [-0.1, -0.05) is 20.3 Å². The van der Waals surface area contributed by atoms with Crippen molar-refractivity contribution in [1.29, 1.82) is 0 Å². The van der Waals surface area contributed by atoms with Crippen LogP contribution >= 0.6 is 0 Å². The zero-order chi connectivity index (χ0) is 13.7. The molecule has 18 heavy (non-hydrogen) atoms. The fraction of sp³-hybridized carbons (Fsp3) is 0.929. The fourth-order valence-electron chi connectivity index (χ4n) is 2.68. The van der Waals surface area contributed by atoms with Crippen molar-refractivity contribution >= 4 is 5.91 Å². The highest BCUT2D eigenvalue weighted by Crippen LogP contribution is 2.28. The van der Waals surface area contributed by atoms with Crippen molar-refractivity contribution in [1.82, 2.24) is 10.2 Å². The van der Waals surface area contributed by atoms with E-state index in [4.69, 9.17) is 5.73 Å². The Bertz CT molecular complexity index is 268. The van der Waals surface area contributed by atoms with Gasteiger partial charge in [0.15, 0.2) is 0 Å². The molecule has 0 saturated heterocycles. The van der Waals surface area contributed by atoms with Crippen LogP contribution in [0.5, 0.6) is 0 Å². The lowest BCUT2D eigenvalue weighted by Crippen LogP contribution is -2.46. The van der Waals surface area contributed by atoms with Crippen LogP contribution in [0.4, 0.5) is 0 Å². The van der Waals surface area contributed by atoms with Crippen LogP contribution in [0.3, 0.4) is 0 Å². The van der Waals surface area contributed by atoms with E-state index in [-0.39, 0.29) is 11.9 Å². The molecule has 3 unspecified atom stereocenters. The van der Waals surface area contributed by atoms with Crippen molar-refractivity contribution in [3.05, 3.63) is 0 Å². The Morgan fingerprint density at radius 2 is 2.06 bits per heavy atom. The molecule has 1 aliphatic rings. The summed E-state index contributed by atoms with van der Waals surface area (Å²) < 4.78 is 0. The van der Waals surface area contributed by atoms with Gasteiger partial charge in [0, 0.05) is 12.1 Å². The third-order valence-electron chi connectivity index (χ3n) is 4.27. The van der Waals surface area contributed by atoms with Gasteiger partial charge < -0.3 is 11.1 Å². The van der Waals surface area contributed by atoms with Gasteiger partial charge in [0.1, 0.15) is 0 Å². The van der Waals surface area contributed by atoms with Gasteiger partial charge in [0.05, 0.1) is 6.54 Å². The Morgan fingerprint density at radius 3 is 2.61 bits per heavy atom. The first-order valence-corrected chi connectivity index (χ1v) is 7.15. The summed E-state index contributed by atoms with van der Waals surface area (Å²) in [6.45, 7) is 7.52. The average molecular weight is 255 g/mol. The topological polar surface area (TPSA) is 58.4 Å². The molecule has 1 rings (SSSR count). The third-order valence-corrected chi connectivity index (χ3v) is 4.27. The summed E-state index contributed by atoms with van der Waals surface area (Å²) in [5.74, 6) is 1.16. The Balaban J connectivity index is 2.39. The summed E-state index contributed by atoms with van der Waals surface area (Å²) in [6, 6.07) is 0.717. The highest BCUT2D eigenvalue weighted by molar-refractivity contribution is 5.78. The maximum Gasteiger partial charge on any atom is 0.234 e. The Hall–Kier alpha value is -0.610. The molecular weight excluding hydrogens is 226 g/mol. The van der Waals surface area contributed by atoms with E-state index in [2.05, 4.69) is 31.0 Å². The number of carbonyl (C=O) groups is 1. The van der Waals surface area contributed by atoms with Gasteiger partial charge in [-0.3, -0.25) is 9.69 Å². The van der Waals surface area contributed by atoms with Gasteiger partial charge in [-0.2, -0.15) is 0 Å². The molecule has 1 aliphatic carbocycles. The molecule has 3 atom stereocenters. The summed E-state index contributed by atoms with van der Waals surface area (Å²) in [4.78, 5) is 14.1. The molecular formula is C14H29N3O. The van der Waals surface area contributed by atoms with E-state index in [1.165, 1.54) is 19.3 Å². The van der Waals surface area contributed by atoms with E-state index in [1.807, 2.05) is 7.05 Å². The second-order valence-corrected chi connectivity index (χ2v) is 6.01. The SMILES string of the molecule is CC(C)C(C)NC(=O)CN(C)C1CCCC1CN. The summed E-state index contributed by atoms with van der Waals surface area (Å²) >= 11 is 0. The first-order chi connectivity index (χ1) is 8.45. The smallest absolute Gasteiger partial charge is 0.234 e. The molecule has 0 heterocycles. The van der Waals surface area contributed by atoms with Crippen LogP contribution < -0.4 is 11.1 Å². The minimum absolute atomic E-state index is 0.126. The number of carbonyl (C=O) groups excluding carboxylic acids is 1. The largest absolute Gasteiger partial charge is 0.352 e. The van der Waals surface area contributed by atoms with Crippen LogP contribution in [0, 0.1) is 11.8 Å². The molecule has 4 heteroatoms. The Morgan fingerprint density at radius 1 is 1.39 bits per heavy atom. The minimum Gasteiger partial charge on any atom is -0.352 e. The summed E-state index contributed by atoms with van der Waals surface area (Å²) in [5.41, 5.74) is 5.79. The van der Waals surface area contributed by atoms with E-state index >= 15 is 0 Å². The third kappa shape index (κ3) is 4.25. The van der Waals surface area contributed by atoms with Crippen LogP contribution in [-0.2, 0) is 4.79 Å². The number of hydrogen-bond donors (Lipinski definition) is 2. The molecule has 1 fully saturated rings. The van der Waals surface area contributed by atoms with Crippen LogP contribution in [-0.4, -0.2) is 43.0 Å². The first-order valence-electron chi connectivity index (χ1n) is 7.15. The summed E-state index contributed by atoms with van der Waals surface area (Å²) in [7, 11) is 2.04. The lowest BCUT2D eigenvalue weighted by molar-refractivity contribution is -0.123. The summed E-state index contributed by atoms with van der Waals surface area (Å²) in [5, 5.41) is 3.05. The predicted molar refractivity (Wildman–Crippen MR) is 75.3 cm³/mol. The maximum absolute atomic E-state index is 11.9. The molecule has 1 amide bonds. The highest BCUT2D eigenvalue weighted by Gasteiger charge is 2.30. The molecule has 0 spiro atoms. The van der Waals surface area contributed by atoms with Crippen LogP contribution in [0.1, 0.15) is 40.0 Å². The monoisotopic (exact) mass is 255 g/mol. The van der Waals surface area contributed by atoms with Gasteiger partial charge in [-0.05, 0) is 45.2 Å². The van der Waals surface area contributed by atoms with E-state index in [9.17, 15) is 4.79 Å². The zero-order valence-corrected chi connectivity index (χ0v) is 12.3. The fourth-order valence-corrected chi connectivity index (χ4v) is 2.68. The number of hydrogen-bond acceptors (Lipinski definition) is 3. The number of nitrogens with one attached hydrogen (secondary N) is 1. The van der Waals surface area contributed by atoms with Crippen molar-refractivity contribution in [2.24, 2.45) is 17.6 Å². The van der Waals surface area contributed by atoms with Crippen LogP contribution in [0.25, 0.3) is 0 Å². The van der Waals surface area contributed by atoms with Gasteiger partial charge in [0.25, 0.3) is 0 Å². The molecule has 0 aromatic heterocycles. The van der Waals surface area contributed by atoms with Crippen molar-refractivity contribution in [3.8, 4) is 0 Å². The average Bonchev–Trinajstić information content (AvgIpc) is 2.76. The Labute approximate surface area is 111 Å². The van der Waals surface area contributed by atoms with E-state index in [1.54, 1.807) is 0 Å². The van der Waals surface area contributed by atoms with E-state index < -0.39 is 0 Å². The lowest BCUT2D eigenvalue weighted by Gasteiger charge is -2.29. The van der Waals surface area contributed by atoms with E-state index in [0.29, 0.717) is 24.4 Å². The van der Waals surface area contributed by atoms with Crippen LogP contribution in [0.15, 0.2) is 0 Å². The second-order valence-electron chi connectivity index (χ2n) is 6.01. The second kappa shape index (κ2) is 7.10. The number of rotatable bonds is 6. The number of nitrogens with two attached hydrogens (primary N) is 1. The van der Waals surface area contributed by atoms with Crippen molar-refractivity contribution < 1.29 is 4.79 Å². The standard InChI is InChI=1S/C14H29N3O/c1-10(2)11(3)16-14(18)9-17(4)13-7-5-6-12(13)8-15/h10-13H,5-9,15H2,1-4H3,(H,16,18). The number of nitrogens with zero attached hydrogens (tertiary/aromatic N) is 1. The molecule has 106 valence electrons. The molecule has 0 aromatic rings. The molecule has 0 aromatic carbocycles. The quantitative estimate of drug-likeness (QED) is 0.750. The van der Waals surface area contributed by atoms with Crippen molar-refractivity contribution in [2.75, 3.05) is 20.1 Å². The molecule has 0 radical (unpaired) electrons. The normalized spacial score (nSPS) is 25.7. The molecule has 1 saturated carbocycles. The predicted octanol–water partition coefficient (Wildman–Crippen LogP) is 1.21. The van der Waals surface area contributed by atoms with Gasteiger partial charge >= 0.3 is 0 Å². The van der Waals surface area contributed by atoms with Crippen LogP contribution in [0.2, 0.25) is 0 Å². The van der Waals surface area contributed by atoms with E-state index in [0.717, 1.165) is 6.54 Å². The Kier molecular flexibility index (Phi) is 6.09. The minimum atomic E-state index is 0.126. The van der Waals surface area contributed by atoms with Crippen molar-refractivity contribution in [3.63, 3.8) is 0 Å². The molecule has 0 bridgehead atoms. The van der Waals surface area contributed by atoms with Gasteiger partial charge in [-0.25, -0.2) is 0 Å². The zero-order valence-electron chi connectivity index (χ0n) is 12.3. The van der Waals surface area contributed by atoms with Crippen molar-refractivity contribution in [2.45, 2.75) is 52.1 Å². The first kappa shape index (κ1) is 15.4. The highest BCUT2D eigenvalue weighted by atomic mass is 16.2.